The van der Waals surface area contributed by atoms with Gasteiger partial charge >= 0.3 is 0 Å². The number of piperazine rings is 1. The molecule has 0 aromatic heterocycles. The maximum Gasteiger partial charge on any atom is 0.254 e. The molecule has 2 rings (SSSR count). The molecule has 1 saturated heterocycles. The molecule has 1 amide bonds. The lowest BCUT2D eigenvalue weighted by Crippen LogP contribution is -3.17. The van der Waals surface area contributed by atoms with Crippen molar-refractivity contribution >= 4 is 5.91 Å². The van der Waals surface area contributed by atoms with Crippen molar-refractivity contribution in [2.45, 2.75) is 26.3 Å². The third-order valence-electron chi connectivity index (χ3n) is 4.91. The molecule has 6 heteroatoms. The van der Waals surface area contributed by atoms with Crippen LogP contribution in [0, 0.1) is 0 Å². The first-order chi connectivity index (χ1) is 11.5. The van der Waals surface area contributed by atoms with Gasteiger partial charge < -0.3 is 24.0 Å². The molecule has 1 aliphatic rings. The number of hydrogen-bond acceptors (Lipinski definition) is 4. The Labute approximate surface area is 144 Å². The van der Waals surface area contributed by atoms with Crippen molar-refractivity contribution in [3.05, 3.63) is 17.7 Å². The van der Waals surface area contributed by atoms with Crippen LogP contribution in [-0.2, 0) is 0 Å². The van der Waals surface area contributed by atoms with E-state index >= 15 is 0 Å². The molecule has 1 fully saturated rings. The zero-order chi connectivity index (χ0) is 17.7. The second-order valence-electron chi connectivity index (χ2n) is 6.17. The first-order valence-electron chi connectivity index (χ1n) is 8.49. The fourth-order valence-electron chi connectivity index (χ4n) is 3.17. The van der Waals surface area contributed by atoms with Crippen molar-refractivity contribution in [2.24, 2.45) is 0 Å². The lowest BCUT2D eigenvalue weighted by molar-refractivity contribution is -0.927. The van der Waals surface area contributed by atoms with Crippen LogP contribution in [0.2, 0.25) is 0 Å². The van der Waals surface area contributed by atoms with E-state index < -0.39 is 0 Å². The monoisotopic (exact) mass is 337 g/mol. The molecule has 1 unspecified atom stereocenters. The normalized spacial score (nSPS) is 16.6. The van der Waals surface area contributed by atoms with E-state index in [4.69, 9.17) is 14.2 Å². The van der Waals surface area contributed by atoms with E-state index in [9.17, 15) is 4.79 Å². The van der Waals surface area contributed by atoms with Crippen LogP contribution < -0.4 is 19.1 Å². The summed E-state index contributed by atoms with van der Waals surface area (Å²) < 4.78 is 16.0. The molecule has 0 aliphatic carbocycles. The van der Waals surface area contributed by atoms with Gasteiger partial charge in [-0.3, -0.25) is 4.79 Å². The van der Waals surface area contributed by atoms with E-state index in [2.05, 4.69) is 13.8 Å². The fourth-order valence-corrected chi connectivity index (χ4v) is 3.17. The van der Waals surface area contributed by atoms with Crippen molar-refractivity contribution < 1.29 is 23.9 Å². The summed E-state index contributed by atoms with van der Waals surface area (Å²) in [7, 11) is 4.67. The summed E-state index contributed by atoms with van der Waals surface area (Å²) in [5.41, 5.74) is 0.566. The Balaban J connectivity index is 2.16. The molecule has 0 spiro atoms. The minimum atomic E-state index is 0.0115. The van der Waals surface area contributed by atoms with E-state index in [0.717, 1.165) is 32.6 Å². The van der Waals surface area contributed by atoms with Gasteiger partial charge in [0.2, 0.25) is 5.75 Å². The predicted molar refractivity (Wildman–Crippen MR) is 92.5 cm³/mol. The number of carbonyl (C=O) groups excluding carboxylic acids is 1. The van der Waals surface area contributed by atoms with Gasteiger partial charge in [0.1, 0.15) is 0 Å². The maximum absolute atomic E-state index is 12.8. The number of methoxy groups -OCH3 is 3. The summed E-state index contributed by atoms with van der Waals surface area (Å²) in [4.78, 5) is 16.3. The number of amides is 1. The smallest absolute Gasteiger partial charge is 0.254 e. The third-order valence-corrected chi connectivity index (χ3v) is 4.91. The molecule has 1 aromatic carbocycles. The molecule has 134 valence electrons. The van der Waals surface area contributed by atoms with Gasteiger partial charge in [-0.2, -0.15) is 0 Å². The van der Waals surface area contributed by atoms with Crippen LogP contribution in [0.4, 0.5) is 0 Å². The third kappa shape index (κ3) is 3.75. The Hall–Kier alpha value is -1.95. The maximum atomic E-state index is 12.8. The van der Waals surface area contributed by atoms with Crippen molar-refractivity contribution in [3.63, 3.8) is 0 Å². The molecule has 6 nitrogen and oxygen atoms in total. The molecule has 0 bridgehead atoms. The Morgan fingerprint density at radius 3 is 2.08 bits per heavy atom. The highest BCUT2D eigenvalue weighted by molar-refractivity contribution is 5.95. The van der Waals surface area contributed by atoms with Gasteiger partial charge in [-0.1, -0.05) is 6.92 Å². The second-order valence-corrected chi connectivity index (χ2v) is 6.17. The summed E-state index contributed by atoms with van der Waals surface area (Å²) >= 11 is 0. The van der Waals surface area contributed by atoms with Gasteiger partial charge in [0.05, 0.1) is 53.6 Å². The molecule has 1 heterocycles. The molecule has 1 atom stereocenters. The summed E-state index contributed by atoms with van der Waals surface area (Å²) in [6.07, 6.45) is 1.16. The molecule has 1 N–H and O–H groups in total. The van der Waals surface area contributed by atoms with Crippen LogP contribution in [0.15, 0.2) is 12.1 Å². The summed E-state index contributed by atoms with van der Waals surface area (Å²) in [5.74, 6) is 1.52. The highest BCUT2D eigenvalue weighted by Crippen LogP contribution is 2.38. The zero-order valence-corrected chi connectivity index (χ0v) is 15.3. The lowest BCUT2D eigenvalue weighted by Gasteiger charge is -2.35. The molecular weight excluding hydrogens is 308 g/mol. The first-order valence-corrected chi connectivity index (χ1v) is 8.49. The highest BCUT2D eigenvalue weighted by Gasteiger charge is 2.28. The zero-order valence-electron chi connectivity index (χ0n) is 15.3. The summed E-state index contributed by atoms with van der Waals surface area (Å²) in [6, 6.07) is 4.08. The number of ether oxygens (including phenoxy) is 3. The van der Waals surface area contributed by atoms with E-state index in [-0.39, 0.29) is 5.91 Å². The van der Waals surface area contributed by atoms with Crippen LogP contribution in [-0.4, -0.2) is 64.4 Å². The number of rotatable bonds is 6. The SMILES string of the molecule is CCC(C)[NH+]1CCN(C(=O)c2cc(OC)c(OC)c(OC)c2)CC1. The average molecular weight is 337 g/mol. The highest BCUT2D eigenvalue weighted by atomic mass is 16.5. The summed E-state index contributed by atoms with van der Waals surface area (Å²) in [5, 5.41) is 0. The van der Waals surface area contributed by atoms with E-state index in [0.29, 0.717) is 28.9 Å². The lowest BCUT2D eigenvalue weighted by atomic mass is 10.1. The molecule has 0 radical (unpaired) electrons. The molecule has 1 aliphatic heterocycles. The van der Waals surface area contributed by atoms with Crippen molar-refractivity contribution in [2.75, 3.05) is 47.5 Å². The van der Waals surface area contributed by atoms with Crippen LogP contribution in [0.3, 0.4) is 0 Å². The fraction of sp³-hybridized carbons (Fsp3) is 0.611. The first kappa shape index (κ1) is 18.4. The van der Waals surface area contributed by atoms with Crippen molar-refractivity contribution in [1.29, 1.82) is 0 Å². The second kappa shape index (κ2) is 8.24. The van der Waals surface area contributed by atoms with Gasteiger partial charge in [0.15, 0.2) is 11.5 Å². The Kier molecular flexibility index (Phi) is 6.31. The van der Waals surface area contributed by atoms with Crippen LogP contribution in [0.25, 0.3) is 0 Å². The number of nitrogens with one attached hydrogen (secondary N) is 1. The molecule has 0 saturated carbocycles. The predicted octanol–water partition coefficient (Wildman–Crippen LogP) is 0.852. The molecular formula is C18H29N2O4+. The minimum Gasteiger partial charge on any atom is -0.493 e. The number of hydrogen-bond donors (Lipinski definition) is 1. The number of carbonyl (C=O) groups is 1. The van der Waals surface area contributed by atoms with Crippen LogP contribution in [0.5, 0.6) is 17.2 Å². The minimum absolute atomic E-state index is 0.0115. The van der Waals surface area contributed by atoms with Crippen molar-refractivity contribution in [1.82, 2.24) is 4.90 Å². The largest absolute Gasteiger partial charge is 0.493 e. The van der Waals surface area contributed by atoms with Gasteiger partial charge in [-0.25, -0.2) is 0 Å². The number of nitrogens with zero attached hydrogens (tertiary/aromatic N) is 1. The van der Waals surface area contributed by atoms with Gasteiger partial charge in [0, 0.05) is 5.56 Å². The number of benzene rings is 1. The van der Waals surface area contributed by atoms with E-state index in [1.165, 1.54) is 0 Å². The average Bonchev–Trinajstić information content (AvgIpc) is 2.65. The standard InChI is InChI=1S/C18H28N2O4/c1-6-13(2)19-7-9-20(10-8-19)18(21)14-11-15(22-3)17(24-5)16(12-14)23-4/h11-13H,6-10H2,1-5H3/p+1. The van der Waals surface area contributed by atoms with Crippen LogP contribution >= 0.6 is 0 Å². The van der Waals surface area contributed by atoms with E-state index in [1.807, 2.05) is 4.90 Å². The summed E-state index contributed by atoms with van der Waals surface area (Å²) in [6.45, 7) is 8.01. The molecule has 1 aromatic rings. The van der Waals surface area contributed by atoms with Gasteiger partial charge in [-0.05, 0) is 25.5 Å². The Morgan fingerprint density at radius 2 is 1.67 bits per heavy atom. The quantitative estimate of drug-likeness (QED) is 0.836. The van der Waals surface area contributed by atoms with Gasteiger partial charge in [-0.15, -0.1) is 0 Å². The molecule has 24 heavy (non-hydrogen) atoms. The van der Waals surface area contributed by atoms with E-state index in [1.54, 1.807) is 38.4 Å². The Morgan fingerprint density at radius 1 is 1.12 bits per heavy atom. The van der Waals surface area contributed by atoms with Crippen molar-refractivity contribution in [3.8, 4) is 17.2 Å². The topological polar surface area (TPSA) is 52.4 Å². The van der Waals surface area contributed by atoms with Crippen LogP contribution in [0.1, 0.15) is 30.6 Å². The Bertz CT molecular complexity index is 543. The number of quaternary nitrogens is 1. The van der Waals surface area contributed by atoms with Gasteiger partial charge in [0.25, 0.3) is 5.91 Å².